The Morgan fingerprint density at radius 1 is 1.25 bits per heavy atom. The van der Waals surface area contributed by atoms with E-state index in [0.717, 1.165) is 0 Å². The van der Waals surface area contributed by atoms with Crippen LogP contribution in [-0.2, 0) is 11.2 Å². The molecule has 0 bridgehead atoms. The van der Waals surface area contributed by atoms with Crippen LogP contribution in [0.3, 0.4) is 0 Å². The molecule has 0 saturated heterocycles. The Labute approximate surface area is 111 Å². The van der Waals surface area contributed by atoms with Crippen LogP contribution >= 0.6 is 0 Å². The fraction of sp³-hybridized carbons (Fsp3) is 0.333. The molecule has 0 atom stereocenters. The number of carboxylic acids is 1. The average molecular weight is 293 g/mol. The lowest BCUT2D eigenvalue weighted by molar-refractivity contribution is -0.136. The molecule has 0 aliphatic carbocycles. The summed E-state index contributed by atoms with van der Waals surface area (Å²) in [6, 6.07) is 5.51. The van der Waals surface area contributed by atoms with E-state index in [9.17, 15) is 27.2 Å². The monoisotopic (exact) mass is 293 g/mol. The molecule has 1 amide bonds. The predicted octanol–water partition coefficient (Wildman–Crippen LogP) is 1.94. The summed E-state index contributed by atoms with van der Waals surface area (Å²) < 4.78 is 49.0. The van der Waals surface area contributed by atoms with Crippen molar-refractivity contribution in [2.45, 2.75) is 18.8 Å². The maximum atomic E-state index is 12.6. The van der Waals surface area contributed by atoms with Gasteiger partial charge in [0.2, 0.25) is 5.91 Å². The minimum Gasteiger partial charge on any atom is -0.478 e. The van der Waals surface area contributed by atoms with E-state index in [4.69, 9.17) is 5.11 Å². The van der Waals surface area contributed by atoms with Crippen LogP contribution in [0.2, 0.25) is 0 Å². The fourth-order valence-electron chi connectivity index (χ4n) is 1.41. The van der Waals surface area contributed by atoms with Crippen molar-refractivity contribution in [3.05, 3.63) is 35.4 Å². The highest BCUT2D eigenvalue weighted by Crippen LogP contribution is 2.21. The number of alkyl halides is 4. The molecular weight excluding hydrogens is 282 g/mol. The third-order valence-corrected chi connectivity index (χ3v) is 2.44. The normalized spacial score (nSPS) is 11.4. The lowest BCUT2D eigenvalue weighted by Crippen LogP contribution is -2.42. The number of benzene rings is 1. The summed E-state index contributed by atoms with van der Waals surface area (Å²) in [4.78, 5) is 22.2. The summed E-state index contributed by atoms with van der Waals surface area (Å²) in [7, 11) is 0. The Kier molecular flexibility index (Phi) is 5.06. The molecule has 2 N–H and O–H groups in total. The highest BCUT2D eigenvalue weighted by Gasteiger charge is 2.40. The number of carboxylic acid groups (broad SMARTS) is 1. The summed E-state index contributed by atoms with van der Waals surface area (Å²) in [5.74, 6) is -6.55. The van der Waals surface area contributed by atoms with Crippen molar-refractivity contribution in [1.29, 1.82) is 0 Å². The van der Waals surface area contributed by atoms with Gasteiger partial charge in [-0.05, 0) is 11.6 Å². The van der Waals surface area contributed by atoms with Gasteiger partial charge >= 0.3 is 18.3 Å². The van der Waals surface area contributed by atoms with Gasteiger partial charge in [0.05, 0.1) is 18.5 Å². The molecule has 0 radical (unpaired) electrons. The fourth-order valence-corrected chi connectivity index (χ4v) is 1.41. The smallest absolute Gasteiger partial charge is 0.335 e. The molecule has 0 aliphatic rings. The number of aromatic carboxylic acids is 1. The second-order valence-corrected chi connectivity index (χ2v) is 3.98. The number of carbonyl (C=O) groups is 2. The molecule has 0 aromatic heterocycles. The number of carbonyl (C=O) groups excluding carboxylic acids is 1. The van der Waals surface area contributed by atoms with Gasteiger partial charge in [0.25, 0.3) is 0 Å². The molecule has 1 aromatic rings. The molecule has 1 rings (SSSR count). The molecular formula is C12H11F4NO3. The Bertz CT molecular complexity index is 505. The van der Waals surface area contributed by atoms with Gasteiger partial charge in [0.1, 0.15) is 0 Å². The second kappa shape index (κ2) is 6.36. The minimum absolute atomic E-state index is 0.109. The van der Waals surface area contributed by atoms with Crippen LogP contribution in [0, 0.1) is 0 Å². The third kappa shape index (κ3) is 4.22. The van der Waals surface area contributed by atoms with E-state index in [1.807, 2.05) is 0 Å². The third-order valence-electron chi connectivity index (χ3n) is 2.44. The average Bonchev–Trinajstić information content (AvgIpc) is 2.36. The van der Waals surface area contributed by atoms with E-state index >= 15 is 0 Å². The first-order chi connectivity index (χ1) is 9.24. The summed E-state index contributed by atoms with van der Waals surface area (Å²) >= 11 is 0. The van der Waals surface area contributed by atoms with Gasteiger partial charge in [-0.2, -0.15) is 8.78 Å². The first kappa shape index (κ1) is 15.9. The van der Waals surface area contributed by atoms with Crippen LogP contribution in [-0.4, -0.2) is 35.9 Å². The first-order valence-electron chi connectivity index (χ1n) is 5.48. The van der Waals surface area contributed by atoms with E-state index in [2.05, 4.69) is 0 Å². The van der Waals surface area contributed by atoms with Gasteiger partial charge in [-0.15, -0.1) is 0 Å². The predicted molar refractivity (Wildman–Crippen MR) is 61.1 cm³/mol. The highest BCUT2D eigenvalue weighted by atomic mass is 19.3. The SMILES string of the molecule is O=C(Cc1ccccc1C(=O)O)NCC(F)(F)C(F)F. The largest absolute Gasteiger partial charge is 0.478 e. The van der Waals surface area contributed by atoms with Gasteiger partial charge < -0.3 is 10.4 Å². The molecule has 0 unspecified atom stereocenters. The maximum Gasteiger partial charge on any atom is 0.335 e. The van der Waals surface area contributed by atoms with Gasteiger partial charge in [-0.25, -0.2) is 13.6 Å². The molecule has 8 heteroatoms. The molecule has 0 heterocycles. The number of hydrogen-bond donors (Lipinski definition) is 2. The van der Waals surface area contributed by atoms with Crippen molar-refractivity contribution in [3.63, 3.8) is 0 Å². The van der Waals surface area contributed by atoms with Crippen LogP contribution in [0.4, 0.5) is 17.6 Å². The van der Waals surface area contributed by atoms with Gasteiger partial charge in [0, 0.05) is 0 Å². The van der Waals surface area contributed by atoms with Crippen molar-refractivity contribution < 1.29 is 32.3 Å². The summed E-state index contributed by atoms with van der Waals surface area (Å²) in [6.07, 6.45) is -4.36. The van der Waals surface area contributed by atoms with E-state index in [0.29, 0.717) is 0 Å². The second-order valence-electron chi connectivity index (χ2n) is 3.98. The van der Waals surface area contributed by atoms with Crippen molar-refractivity contribution in [1.82, 2.24) is 5.32 Å². The van der Waals surface area contributed by atoms with E-state index < -0.39 is 37.2 Å². The Hall–Kier alpha value is -2.12. The quantitative estimate of drug-likeness (QED) is 0.788. The van der Waals surface area contributed by atoms with E-state index in [-0.39, 0.29) is 11.1 Å². The molecule has 0 saturated carbocycles. The van der Waals surface area contributed by atoms with Crippen molar-refractivity contribution in [2.24, 2.45) is 0 Å². The summed E-state index contributed by atoms with van der Waals surface area (Å²) in [5, 5.41) is 10.5. The number of amides is 1. The molecule has 0 aliphatic heterocycles. The Morgan fingerprint density at radius 2 is 1.85 bits per heavy atom. The Morgan fingerprint density at radius 3 is 2.40 bits per heavy atom. The van der Waals surface area contributed by atoms with Crippen LogP contribution in [0.5, 0.6) is 0 Å². The van der Waals surface area contributed by atoms with Crippen LogP contribution in [0.1, 0.15) is 15.9 Å². The lowest BCUT2D eigenvalue weighted by atomic mass is 10.0. The summed E-state index contributed by atoms with van der Waals surface area (Å²) in [5.41, 5.74) is -0.0406. The highest BCUT2D eigenvalue weighted by molar-refractivity contribution is 5.91. The molecule has 0 spiro atoms. The summed E-state index contributed by atoms with van der Waals surface area (Å²) in [6.45, 7) is -1.50. The van der Waals surface area contributed by atoms with E-state index in [1.165, 1.54) is 24.3 Å². The topological polar surface area (TPSA) is 66.4 Å². The van der Waals surface area contributed by atoms with Crippen LogP contribution < -0.4 is 5.32 Å². The zero-order valence-electron chi connectivity index (χ0n) is 10.1. The van der Waals surface area contributed by atoms with Crippen molar-refractivity contribution in [3.8, 4) is 0 Å². The molecule has 110 valence electrons. The zero-order valence-corrected chi connectivity index (χ0v) is 10.1. The molecule has 4 nitrogen and oxygen atoms in total. The van der Waals surface area contributed by atoms with Gasteiger partial charge in [-0.3, -0.25) is 4.79 Å². The van der Waals surface area contributed by atoms with Crippen LogP contribution in [0.15, 0.2) is 24.3 Å². The van der Waals surface area contributed by atoms with Crippen molar-refractivity contribution >= 4 is 11.9 Å². The zero-order chi connectivity index (χ0) is 15.3. The molecule has 1 aromatic carbocycles. The number of halogens is 4. The van der Waals surface area contributed by atoms with Gasteiger partial charge in [0.15, 0.2) is 0 Å². The number of rotatable bonds is 6. The molecule has 0 fully saturated rings. The lowest BCUT2D eigenvalue weighted by Gasteiger charge is -2.15. The maximum absolute atomic E-state index is 12.6. The standard InChI is InChI=1S/C12H11F4NO3/c13-11(14)12(15,16)6-17-9(18)5-7-3-1-2-4-8(7)10(19)20/h1-4,11H,5-6H2,(H,17,18)(H,19,20). The van der Waals surface area contributed by atoms with Crippen LogP contribution in [0.25, 0.3) is 0 Å². The minimum atomic E-state index is -4.32. The number of nitrogens with one attached hydrogen (secondary N) is 1. The number of hydrogen-bond acceptors (Lipinski definition) is 2. The first-order valence-corrected chi connectivity index (χ1v) is 5.48. The van der Waals surface area contributed by atoms with Crippen molar-refractivity contribution in [2.75, 3.05) is 6.54 Å². The van der Waals surface area contributed by atoms with E-state index in [1.54, 1.807) is 5.32 Å². The Balaban J connectivity index is 2.66. The van der Waals surface area contributed by atoms with Gasteiger partial charge in [-0.1, -0.05) is 18.2 Å². The molecule has 20 heavy (non-hydrogen) atoms.